The Morgan fingerprint density at radius 1 is 1.20 bits per heavy atom. The molecular formula is C12H13I3N2O3. The molecule has 0 aliphatic carbocycles. The van der Waals surface area contributed by atoms with Crippen molar-refractivity contribution in [1.29, 1.82) is 0 Å². The molecule has 5 nitrogen and oxygen atoms in total. The van der Waals surface area contributed by atoms with Gasteiger partial charge in [-0.1, -0.05) is 13.3 Å². The Balaban J connectivity index is 3.26. The van der Waals surface area contributed by atoms with Gasteiger partial charge < -0.3 is 16.2 Å². The summed E-state index contributed by atoms with van der Waals surface area (Å²) in [5.41, 5.74) is 6.94. The summed E-state index contributed by atoms with van der Waals surface area (Å²) in [5, 5.41) is 12.1. The molecule has 1 aromatic rings. The monoisotopic (exact) mass is 614 g/mol. The van der Waals surface area contributed by atoms with E-state index in [1.54, 1.807) is 0 Å². The van der Waals surface area contributed by atoms with Crippen molar-refractivity contribution < 1.29 is 14.7 Å². The third-order valence-corrected chi connectivity index (χ3v) is 5.91. The van der Waals surface area contributed by atoms with Gasteiger partial charge in [-0.05, 0) is 74.2 Å². The topological polar surface area (TPSA) is 92.4 Å². The van der Waals surface area contributed by atoms with Gasteiger partial charge >= 0.3 is 5.97 Å². The van der Waals surface area contributed by atoms with E-state index in [4.69, 9.17) is 5.73 Å². The largest absolute Gasteiger partial charge is 0.478 e. The van der Waals surface area contributed by atoms with E-state index in [2.05, 4.69) is 5.32 Å². The Kier molecular flexibility index (Phi) is 7.24. The first kappa shape index (κ1) is 18.2. The van der Waals surface area contributed by atoms with Crippen LogP contribution in [0.3, 0.4) is 0 Å². The van der Waals surface area contributed by atoms with Gasteiger partial charge in [0.05, 0.1) is 27.6 Å². The second-order valence-electron chi connectivity index (χ2n) is 4.06. The molecule has 0 aliphatic heterocycles. The van der Waals surface area contributed by atoms with Gasteiger partial charge in [-0.15, -0.1) is 0 Å². The van der Waals surface area contributed by atoms with Gasteiger partial charge in [0.15, 0.2) is 0 Å². The SMILES string of the molecule is CCCCC(=O)Nc1c(I)c(N)c(I)c(C(=O)O)c1I. The zero-order chi connectivity index (χ0) is 15.4. The molecule has 0 atom stereocenters. The number of nitrogens with two attached hydrogens (primary N) is 1. The van der Waals surface area contributed by atoms with Crippen molar-refractivity contribution in [2.45, 2.75) is 26.2 Å². The molecule has 0 aromatic heterocycles. The molecule has 0 aliphatic rings. The molecule has 8 heteroatoms. The Morgan fingerprint density at radius 2 is 1.80 bits per heavy atom. The highest BCUT2D eigenvalue weighted by atomic mass is 127. The maximum absolute atomic E-state index is 11.8. The second kappa shape index (κ2) is 7.96. The molecule has 1 amide bonds. The average Bonchev–Trinajstić information content (AvgIpc) is 2.38. The first-order chi connectivity index (χ1) is 9.31. The molecule has 0 spiro atoms. The van der Waals surface area contributed by atoms with Crippen molar-refractivity contribution in [3.05, 3.63) is 16.3 Å². The Bertz CT molecular complexity index is 562. The third kappa shape index (κ3) is 4.08. The van der Waals surface area contributed by atoms with Crippen LogP contribution in [0.1, 0.15) is 36.5 Å². The van der Waals surface area contributed by atoms with Crippen molar-refractivity contribution in [1.82, 2.24) is 0 Å². The fraction of sp³-hybridized carbons (Fsp3) is 0.333. The molecule has 0 fully saturated rings. The number of carbonyl (C=O) groups is 2. The summed E-state index contributed by atoms with van der Waals surface area (Å²) in [7, 11) is 0. The standard InChI is InChI=1S/C12H13I3N2O3/c1-2-3-4-5(18)17-11-8(14)6(12(19)20)7(13)10(16)9(11)15/h2-4,16H2,1H3,(H,17,18)(H,19,20). The smallest absolute Gasteiger partial charge is 0.338 e. The number of nitrogen functional groups attached to an aromatic ring is 1. The van der Waals surface area contributed by atoms with E-state index in [1.807, 2.05) is 74.7 Å². The second-order valence-corrected chi connectivity index (χ2v) is 7.30. The molecule has 0 radical (unpaired) electrons. The predicted molar refractivity (Wildman–Crippen MR) is 104 cm³/mol. The molecule has 4 N–H and O–H groups in total. The molecule has 0 saturated heterocycles. The minimum Gasteiger partial charge on any atom is -0.478 e. The summed E-state index contributed by atoms with van der Waals surface area (Å²) >= 11 is 5.88. The van der Waals surface area contributed by atoms with Gasteiger partial charge in [0.2, 0.25) is 5.91 Å². The number of unbranched alkanes of at least 4 members (excludes halogenated alkanes) is 1. The van der Waals surface area contributed by atoms with E-state index in [0.29, 0.717) is 28.5 Å². The fourth-order valence-electron chi connectivity index (χ4n) is 1.52. The number of nitrogens with one attached hydrogen (secondary N) is 1. The lowest BCUT2D eigenvalue weighted by Crippen LogP contribution is -2.17. The zero-order valence-electron chi connectivity index (χ0n) is 10.6. The summed E-state index contributed by atoms with van der Waals surface area (Å²) in [6.07, 6.45) is 2.14. The normalized spacial score (nSPS) is 10.4. The number of benzene rings is 1. The number of amides is 1. The first-order valence-electron chi connectivity index (χ1n) is 5.80. The Hall–Kier alpha value is 0.150. The summed E-state index contributed by atoms with van der Waals surface area (Å²) < 4.78 is 1.67. The summed E-state index contributed by atoms with van der Waals surface area (Å²) in [4.78, 5) is 23.2. The van der Waals surface area contributed by atoms with E-state index in [-0.39, 0.29) is 11.5 Å². The molecule has 1 rings (SSSR count). The molecule has 0 saturated carbocycles. The van der Waals surface area contributed by atoms with Crippen LogP contribution in [0.25, 0.3) is 0 Å². The number of rotatable bonds is 5. The molecule has 110 valence electrons. The highest BCUT2D eigenvalue weighted by Crippen LogP contribution is 2.37. The van der Waals surface area contributed by atoms with Gasteiger partial charge in [0.1, 0.15) is 0 Å². The molecule has 0 unspecified atom stereocenters. The van der Waals surface area contributed by atoms with Gasteiger partial charge in [0.25, 0.3) is 0 Å². The number of carboxylic acids is 1. The lowest BCUT2D eigenvalue weighted by atomic mass is 10.1. The Morgan fingerprint density at radius 3 is 2.30 bits per heavy atom. The van der Waals surface area contributed by atoms with Crippen LogP contribution in [0.15, 0.2) is 0 Å². The molecule has 1 aromatic carbocycles. The van der Waals surface area contributed by atoms with E-state index >= 15 is 0 Å². The molecule has 0 heterocycles. The number of hydrogen-bond donors (Lipinski definition) is 3. The minimum atomic E-state index is -1.05. The van der Waals surface area contributed by atoms with Gasteiger partial charge in [-0.2, -0.15) is 0 Å². The first-order valence-corrected chi connectivity index (χ1v) is 9.03. The van der Waals surface area contributed by atoms with Crippen LogP contribution >= 0.6 is 67.8 Å². The number of hydrogen-bond acceptors (Lipinski definition) is 3. The number of carboxylic acid groups (broad SMARTS) is 1. The maximum Gasteiger partial charge on any atom is 0.338 e. The van der Waals surface area contributed by atoms with Crippen LogP contribution in [0.4, 0.5) is 11.4 Å². The fourth-order valence-corrected chi connectivity index (χ4v) is 5.42. The Labute approximate surface area is 157 Å². The van der Waals surface area contributed by atoms with Crippen molar-refractivity contribution in [3.8, 4) is 0 Å². The van der Waals surface area contributed by atoms with Crippen molar-refractivity contribution in [2.24, 2.45) is 0 Å². The van der Waals surface area contributed by atoms with E-state index in [0.717, 1.165) is 12.8 Å². The number of aromatic carboxylic acids is 1. The highest BCUT2D eigenvalue weighted by molar-refractivity contribution is 14.1. The van der Waals surface area contributed by atoms with Crippen molar-refractivity contribution >= 4 is 91.0 Å². The number of carbonyl (C=O) groups excluding carboxylic acids is 1. The quantitative estimate of drug-likeness (QED) is 0.347. The van der Waals surface area contributed by atoms with Gasteiger partial charge in [-0.25, -0.2) is 4.79 Å². The summed E-state index contributed by atoms with van der Waals surface area (Å²) in [6.45, 7) is 2.01. The molecule has 0 bridgehead atoms. The maximum atomic E-state index is 11.8. The van der Waals surface area contributed by atoms with Crippen molar-refractivity contribution in [2.75, 3.05) is 11.1 Å². The third-order valence-electron chi connectivity index (χ3n) is 2.59. The van der Waals surface area contributed by atoms with Crippen LogP contribution in [0.5, 0.6) is 0 Å². The highest BCUT2D eigenvalue weighted by Gasteiger charge is 2.23. The van der Waals surface area contributed by atoms with Crippen LogP contribution in [0.2, 0.25) is 0 Å². The lowest BCUT2D eigenvalue weighted by Gasteiger charge is -2.16. The van der Waals surface area contributed by atoms with Crippen LogP contribution < -0.4 is 11.1 Å². The van der Waals surface area contributed by atoms with Crippen LogP contribution in [-0.4, -0.2) is 17.0 Å². The van der Waals surface area contributed by atoms with Crippen molar-refractivity contribution in [3.63, 3.8) is 0 Å². The van der Waals surface area contributed by atoms with Crippen LogP contribution in [-0.2, 0) is 4.79 Å². The van der Waals surface area contributed by atoms with E-state index in [1.165, 1.54) is 0 Å². The van der Waals surface area contributed by atoms with E-state index < -0.39 is 5.97 Å². The predicted octanol–water partition coefficient (Wildman–Crippen LogP) is 3.91. The van der Waals surface area contributed by atoms with Crippen LogP contribution in [0, 0.1) is 10.7 Å². The van der Waals surface area contributed by atoms with Gasteiger partial charge in [0, 0.05) is 6.42 Å². The lowest BCUT2D eigenvalue weighted by molar-refractivity contribution is -0.116. The molecular weight excluding hydrogens is 601 g/mol. The summed E-state index contributed by atoms with van der Waals surface area (Å²) in [5.74, 6) is -1.18. The minimum absolute atomic E-state index is 0.125. The van der Waals surface area contributed by atoms with Gasteiger partial charge in [-0.3, -0.25) is 4.79 Å². The molecule has 20 heavy (non-hydrogen) atoms. The number of anilines is 2. The average molecular weight is 614 g/mol. The van der Waals surface area contributed by atoms with E-state index in [9.17, 15) is 14.7 Å². The zero-order valence-corrected chi connectivity index (χ0v) is 17.1. The summed E-state index contributed by atoms with van der Waals surface area (Å²) in [6, 6.07) is 0. The number of halogens is 3.